The van der Waals surface area contributed by atoms with Gasteiger partial charge in [-0.3, -0.25) is 4.79 Å². The molecule has 1 aliphatic rings. The Kier molecular flexibility index (Phi) is 7.99. The molecular weight excluding hydrogens is 468 g/mol. The second kappa shape index (κ2) is 11.5. The van der Waals surface area contributed by atoms with Crippen molar-refractivity contribution in [2.45, 2.75) is 32.6 Å². The number of ether oxygens (including phenoxy) is 4. The van der Waals surface area contributed by atoms with Gasteiger partial charge in [0.05, 0.1) is 26.1 Å². The number of nitrogens with two attached hydrogens (primary N) is 1. The standard InChI is InChI=1S/C30H30N2O5/c1-19(2)13-14-35-25-12-9-21(16-27(25)34-3)29-23-11-10-22(17-26(23)37-30(32)24(29)18-31)36-28(33)15-20-7-5-4-6-8-20/h4-12,16-17,19,29H,13-15,32H2,1-3H3. The van der Waals surface area contributed by atoms with Gasteiger partial charge in [0.1, 0.15) is 23.1 Å². The monoisotopic (exact) mass is 498 g/mol. The van der Waals surface area contributed by atoms with Crippen LogP contribution >= 0.6 is 0 Å². The third-order valence-electron chi connectivity index (χ3n) is 6.09. The Bertz CT molecular complexity index is 1340. The molecule has 37 heavy (non-hydrogen) atoms. The van der Waals surface area contributed by atoms with Gasteiger partial charge in [-0.05, 0) is 41.7 Å². The Balaban J connectivity index is 1.61. The van der Waals surface area contributed by atoms with Gasteiger partial charge < -0.3 is 24.7 Å². The van der Waals surface area contributed by atoms with Crippen LogP contribution in [0.15, 0.2) is 78.2 Å². The zero-order chi connectivity index (χ0) is 26.4. The fourth-order valence-corrected chi connectivity index (χ4v) is 4.16. The normalized spacial score (nSPS) is 14.4. The van der Waals surface area contributed by atoms with Crippen molar-refractivity contribution in [3.8, 4) is 29.1 Å². The number of carbonyl (C=O) groups excluding carboxylic acids is 1. The van der Waals surface area contributed by atoms with Gasteiger partial charge in [0.25, 0.3) is 0 Å². The van der Waals surface area contributed by atoms with Crippen molar-refractivity contribution in [3.63, 3.8) is 0 Å². The summed E-state index contributed by atoms with van der Waals surface area (Å²) in [5.41, 5.74) is 8.82. The maximum absolute atomic E-state index is 12.4. The third-order valence-corrected chi connectivity index (χ3v) is 6.09. The molecule has 0 spiro atoms. The lowest BCUT2D eigenvalue weighted by molar-refractivity contribution is -0.133. The highest BCUT2D eigenvalue weighted by atomic mass is 16.5. The molecule has 0 amide bonds. The second-order valence-electron chi connectivity index (χ2n) is 9.20. The average Bonchev–Trinajstić information content (AvgIpc) is 2.88. The molecule has 4 rings (SSSR count). The van der Waals surface area contributed by atoms with Crippen LogP contribution in [0.4, 0.5) is 0 Å². The van der Waals surface area contributed by atoms with Crippen LogP contribution in [-0.2, 0) is 11.2 Å². The number of benzene rings is 3. The van der Waals surface area contributed by atoms with E-state index in [-0.39, 0.29) is 17.9 Å². The molecular formula is C30H30N2O5. The van der Waals surface area contributed by atoms with Crippen molar-refractivity contribution in [3.05, 3.63) is 94.9 Å². The summed E-state index contributed by atoms with van der Waals surface area (Å²) in [5, 5.41) is 9.89. The molecule has 1 aliphatic heterocycles. The zero-order valence-electron chi connectivity index (χ0n) is 21.2. The van der Waals surface area contributed by atoms with Gasteiger partial charge in [0.2, 0.25) is 5.88 Å². The van der Waals surface area contributed by atoms with Crippen molar-refractivity contribution in [2.75, 3.05) is 13.7 Å². The summed E-state index contributed by atoms with van der Waals surface area (Å²) < 4.78 is 22.8. The number of allylic oxidation sites excluding steroid dienone is 1. The quantitative estimate of drug-likeness (QED) is 0.307. The molecule has 0 aliphatic carbocycles. The number of nitrogens with zero attached hydrogens (tertiary/aromatic N) is 1. The van der Waals surface area contributed by atoms with E-state index < -0.39 is 11.9 Å². The van der Waals surface area contributed by atoms with E-state index in [1.54, 1.807) is 25.3 Å². The molecule has 0 aromatic heterocycles. The lowest BCUT2D eigenvalue weighted by Crippen LogP contribution is -2.21. The third kappa shape index (κ3) is 6.04. The molecule has 7 heteroatoms. The van der Waals surface area contributed by atoms with Crippen molar-refractivity contribution < 1.29 is 23.7 Å². The molecule has 3 aromatic carbocycles. The molecule has 0 saturated heterocycles. The highest BCUT2D eigenvalue weighted by Gasteiger charge is 2.31. The van der Waals surface area contributed by atoms with Crippen molar-refractivity contribution >= 4 is 5.97 Å². The Morgan fingerprint density at radius 3 is 2.57 bits per heavy atom. The van der Waals surface area contributed by atoms with Crippen LogP contribution in [0.1, 0.15) is 42.9 Å². The minimum absolute atomic E-state index is 0.00369. The highest BCUT2D eigenvalue weighted by Crippen LogP contribution is 2.45. The summed E-state index contributed by atoms with van der Waals surface area (Å²) in [6.07, 6.45) is 1.07. The highest BCUT2D eigenvalue weighted by molar-refractivity contribution is 5.75. The first-order valence-electron chi connectivity index (χ1n) is 12.2. The van der Waals surface area contributed by atoms with Crippen LogP contribution < -0.4 is 24.7 Å². The number of rotatable bonds is 9. The molecule has 1 heterocycles. The lowest BCUT2D eigenvalue weighted by atomic mass is 9.83. The van der Waals surface area contributed by atoms with E-state index in [0.29, 0.717) is 35.5 Å². The summed E-state index contributed by atoms with van der Waals surface area (Å²) in [4.78, 5) is 12.4. The van der Waals surface area contributed by atoms with Gasteiger partial charge in [-0.25, -0.2) is 0 Å². The van der Waals surface area contributed by atoms with Crippen LogP contribution in [-0.4, -0.2) is 19.7 Å². The Morgan fingerprint density at radius 2 is 1.86 bits per heavy atom. The predicted octanol–water partition coefficient (Wildman–Crippen LogP) is 5.49. The summed E-state index contributed by atoms with van der Waals surface area (Å²) in [5.74, 6) is 1.61. The largest absolute Gasteiger partial charge is 0.493 e. The number of hydrogen-bond donors (Lipinski definition) is 1. The van der Waals surface area contributed by atoms with Crippen LogP contribution in [0, 0.1) is 17.2 Å². The number of hydrogen-bond acceptors (Lipinski definition) is 7. The predicted molar refractivity (Wildman–Crippen MR) is 139 cm³/mol. The number of fused-ring (bicyclic) bond motifs is 1. The minimum Gasteiger partial charge on any atom is -0.493 e. The topological polar surface area (TPSA) is 104 Å². The maximum Gasteiger partial charge on any atom is 0.315 e. The number of esters is 1. The van der Waals surface area contributed by atoms with Gasteiger partial charge in [-0.15, -0.1) is 0 Å². The SMILES string of the molecule is COc1cc(C2C(C#N)=C(N)Oc3cc(OC(=O)Cc4ccccc4)ccc32)ccc1OCCC(C)C. The van der Waals surface area contributed by atoms with Crippen LogP contribution in [0.25, 0.3) is 0 Å². The first-order valence-corrected chi connectivity index (χ1v) is 12.2. The van der Waals surface area contributed by atoms with Gasteiger partial charge >= 0.3 is 5.97 Å². The minimum atomic E-state index is -0.485. The molecule has 1 unspecified atom stereocenters. The summed E-state index contributed by atoms with van der Waals surface area (Å²) >= 11 is 0. The smallest absolute Gasteiger partial charge is 0.315 e. The van der Waals surface area contributed by atoms with E-state index in [1.165, 1.54) is 0 Å². The van der Waals surface area contributed by atoms with Crippen LogP contribution in [0.5, 0.6) is 23.0 Å². The molecule has 1 atom stereocenters. The molecule has 0 radical (unpaired) electrons. The summed E-state index contributed by atoms with van der Waals surface area (Å²) in [7, 11) is 1.58. The number of methoxy groups -OCH3 is 1. The average molecular weight is 499 g/mol. The summed E-state index contributed by atoms with van der Waals surface area (Å²) in [6, 6.07) is 22.2. The van der Waals surface area contributed by atoms with Gasteiger partial charge in [0.15, 0.2) is 11.5 Å². The lowest BCUT2D eigenvalue weighted by Gasteiger charge is -2.27. The molecule has 190 valence electrons. The van der Waals surface area contributed by atoms with Crippen molar-refractivity contribution in [1.29, 1.82) is 5.26 Å². The number of carbonyl (C=O) groups is 1. The van der Waals surface area contributed by atoms with E-state index in [0.717, 1.165) is 23.1 Å². The van der Waals surface area contributed by atoms with E-state index in [9.17, 15) is 10.1 Å². The first kappa shape index (κ1) is 25.6. The van der Waals surface area contributed by atoms with E-state index in [4.69, 9.17) is 24.7 Å². The molecule has 0 fully saturated rings. The Morgan fingerprint density at radius 1 is 1.08 bits per heavy atom. The van der Waals surface area contributed by atoms with E-state index >= 15 is 0 Å². The maximum atomic E-state index is 12.4. The van der Waals surface area contributed by atoms with Gasteiger partial charge in [-0.1, -0.05) is 56.3 Å². The first-order chi connectivity index (χ1) is 17.9. The molecule has 0 bridgehead atoms. The zero-order valence-corrected chi connectivity index (χ0v) is 21.2. The molecule has 3 aromatic rings. The van der Waals surface area contributed by atoms with E-state index in [1.807, 2.05) is 48.5 Å². The second-order valence-corrected chi connectivity index (χ2v) is 9.20. The fourth-order valence-electron chi connectivity index (χ4n) is 4.16. The van der Waals surface area contributed by atoms with Gasteiger partial charge in [-0.2, -0.15) is 5.26 Å². The van der Waals surface area contributed by atoms with E-state index in [2.05, 4.69) is 19.9 Å². The van der Waals surface area contributed by atoms with Crippen molar-refractivity contribution in [2.24, 2.45) is 11.7 Å². The number of nitriles is 1. The van der Waals surface area contributed by atoms with Crippen molar-refractivity contribution in [1.82, 2.24) is 0 Å². The summed E-state index contributed by atoms with van der Waals surface area (Å²) in [6.45, 7) is 4.86. The fraction of sp³-hybridized carbons (Fsp3) is 0.267. The van der Waals surface area contributed by atoms with Crippen LogP contribution in [0.2, 0.25) is 0 Å². The Hall–Kier alpha value is -4.44. The molecule has 2 N–H and O–H groups in total. The van der Waals surface area contributed by atoms with Crippen LogP contribution in [0.3, 0.4) is 0 Å². The van der Waals surface area contributed by atoms with Gasteiger partial charge in [0, 0.05) is 11.6 Å². The Labute approximate surface area is 217 Å². The molecule has 0 saturated carbocycles. The molecule has 7 nitrogen and oxygen atoms in total.